The fraction of sp³-hybridized carbons (Fsp3) is 0.286. The van der Waals surface area contributed by atoms with Gasteiger partial charge in [0.1, 0.15) is 11.6 Å². The van der Waals surface area contributed by atoms with Crippen LogP contribution in [0.1, 0.15) is 41.2 Å². The van der Waals surface area contributed by atoms with E-state index in [1.807, 2.05) is 30.3 Å². The summed E-state index contributed by atoms with van der Waals surface area (Å²) < 4.78 is 7.58. The number of nitrogens with zero attached hydrogens (tertiary/aromatic N) is 3. The number of hydrogen-bond acceptors (Lipinski definition) is 5. The Morgan fingerprint density at radius 3 is 2.59 bits per heavy atom. The van der Waals surface area contributed by atoms with Crippen LogP contribution >= 0.6 is 11.8 Å². The molecule has 1 heterocycles. The molecule has 27 heavy (non-hydrogen) atoms. The van der Waals surface area contributed by atoms with Crippen LogP contribution < -0.4 is 4.74 Å². The van der Waals surface area contributed by atoms with E-state index in [9.17, 15) is 4.79 Å². The van der Waals surface area contributed by atoms with Gasteiger partial charge in [0.15, 0.2) is 10.9 Å². The molecule has 0 aliphatic rings. The highest BCUT2D eigenvalue weighted by Gasteiger charge is 2.14. The van der Waals surface area contributed by atoms with Crippen LogP contribution in [0.25, 0.3) is 0 Å². The number of ether oxygens (including phenoxy) is 1. The Balaban J connectivity index is 1.79. The summed E-state index contributed by atoms with van der Waals surface area (Å²) in [6, 6.07) is 15.8. The molecule has 0 bridgehead atoms. The zero-order valence-electron chi connectivity index (χ0n) is 15.8. The molecule has 6 heteroatoms. The standard InChI is InChI=1S/C21H23N3O2S/c1-4-24-20(12-16-8-6-5-7-9-16)22-23-21(24)27-14-18-13-17(15(2)25)10-11-19(18)26-3/h5-11,13H,4,12,14H2,1-3H3. The number of thioether (sulfide) groups is 1. The molecule has 3 rings (SSSR count). The van der Waals surface area contributed by atoms with Gasteiger partial charge in [-0.05, 0) is 37.6 Å². The number of carbonyl (C=O) groups is 1. The summed E-state index contributed by atoms with van der Waals surface area (Å²) >= 11 is 1.60. The van der Waals surface area contributed by atoms with E-state index in [-0.39, 0.29) is 5.78 Å². The summed E-state index contributed by atoms with van der Waals surface area (Å²) in [4.78, 5) is 11.7. The number of rotatable bonds is 8. The second-order valence-electron chi connectivity index (χ2n) is 6.18. The van der Waals surface area contributed by atoms with Crippen LogP contribution in [0.4, 0.5) is 0 Å². The minimum absolute atomic E-state index is 0.0470. The molecule has 0 aliphatic heterocycles. The van der Waals surface area contributed by atoms with Crippen molar-refractivity contribution in [2.24, 2.45) is 0 Å². The quantitative estimate of drug-likeness (QED) is 0.428. The van der Waals surface area contributed by atoms with Gasteiger partial charge in [0.05, 0.1) is 7.11 Å². The Bertz CT molecular complexity index is 922. The van der Waals surface area contributed by atoms with Gasteiger partial charge in [-0.3, -0.25) is 4.79 Å². The lowest BCUT2D eigenvalue weighted by molar-refractivity contribution is 0.101. The first-order chi connectivity index (χ1) is 13.1. The number of methoxy groups -OCH3 is 1. The first-order valence-electron chi connectivity index (χ1n) is 8.89. The molecule has 0 amide bonds. The lowest BCUT2D eigenvalue weighted by Gasteiger charge is -2.11. The molecule has 0 saturated carbocycles. The van der Waals surface area contributed by atoms with Crippen molar-refractivity contribution in [3.63, 3.8) is 0 Å². The van der Waals surface area contributed by atoms with E-state index in [2.05, 4.69) is 33.8 Å². The summed E-state index contributed by atoms with van der Waals surface area (Å²) in [6.45, 7) is 4.48. The van der Waals surface area contributed by atoms with E-state index in [0.717, 1.165) is 35.3 Å². The average Bonchev–Trinajstić information content (AvgIpc) is 3.08. The molecular formula is C21H23N3O2S. The summed E-state index contributed by atoms with van der Waals surface area (Å²) in [6.07, 6.45) is 0.755. The highest BCUT2D eigenvalue weighted by molar-refractivity contribution is 7.98. The van der Waals surface area contributed by atoms with Gasteiger partial charge in [0.2, 0.25) is 0 Å². The SMILES string of the molecule is CCn1c(Cc2ccccc2)nnc1SCc1cc(C(C)=O)ccc1OC. The van der Waals surface area contributed by atoms with Crippen molar-refractivity contribution < 1.29 is 9.53 Å². The van der Waals surface area contributed by atoms with Crippen LogP contribution in [0.3, 0.4) is 0 Å². The third-order valence-electron chi connectivity index (χ3n) is 4.36. The maximum Gasteiger partial charge on any atom is 0.191 e. The van der Waals surface area contributed by atoms with Crippen molar-refractivity contribution in [3.8, 4) is 5.75 Å². The molecule has 2 aromatic carbocycles. The summed E-state index contributed by atoms with van der Waals surface area (Å²) in [5, 5.41) is 9.64. The number of aromatic nitrogens is 3. The van der Waals surface area contributed by atoms with Gasteiger partial charge in [-0.25, -0.2) is 0 Å². The van der Waals surface area contributed by atoms with E-state index in [0.29, 0.717) is 11.3 Å². The fourth-order valence-electron chi connectivity index (χ4n) is 2.91. The van der Waals surface area contributed by atoms with Gasteiger partial charge in [0, 0.05) is 29.8 Å². The third kappa shape index (κ3) is 4.57. The molecule has 0 unspecified atom stereocenters. The molecule has 0 aliphatic carbocycles. The van der Waals surface area contributed by atoms with Gasteiger partial charge in [-0.2, -0.15) is 0 Å². The summed E-state index contributed by atoms with van der Waals surface area (Å²) in [7, 11) is 1.64. The van der Waals surface area contributed by atoms with Crippen LogP contribution in [0.2, 0.25) is 0 Å². The highest BCUT2D eigenvalue weighted by atomic mass is 32.2. The molecule has 140 valence electrons. The molecule has 5 nitrogen and oxygen atoms in total. The number of ketones is 1. The van der Waals surface area contributed by atoms with Crippen molar-refractivity contribution in [1.29, 1.82) is 0 Å². The van der Waals surface area contributed by atoms with Gasteiger partial charge in [-0.15, -0.1) is 10.2 Å². The van der Waals surface area contributed by atoms with E-state index in [1.54, 1.807) is 31.9 Å². The first-order valence-corrected chi connectivity index (χ1v) is 9.87. The van der Waals surface area contributed by atoms with Gasteiger partial charge >= 0.3 is 0 Å². The zero-order chi connectivity index (χ0) is 19.2. The van der Waals surface area contributed by atoms with Crippen LogP contribution in [0.5, 0.6) is 5.75 Å². The smallest absolute Gasteiger partial charge is 0.191 e. The third-order valence-corrected chi connectivity index (χ3v) is 5.37. The van der Waals surface area contributed by atoms with Crippen LogP contribution in [0.15, 0.2) is 53.7 Å². The second kappa shape index (κ2) is 8.86. The van der Waals surface area contributed by atoms with Gasteiger partial charge in [-0.1, -0.05) is 42.1 Å². The lowest BCUT2D eigenvalue weighted by atomic mass is 10.1. The van der Waals surface area contributed by atoms with Gasteiger partial charge in [0.25, 0.3) is 0 Å². The maximum atomic E-state index is 11.7. The molecule has 1 aromatic heterocycles. The predicted molar refractivity (Wildman–Crippen MR) is 108 cm³/mol. The van der Waals surface area contributed by atoms with E-state index in [4.69, 9.17) is 4.74 Å². The zero-order valence-corrected chi connectivity index (χ0v) is 16.6. The lowest BCUT2D eigenvalue weighted by Crippen LogP contribution is -2.04. The number of carbonyl (C=O) groups excluding carboxylic acids is 1. The topological polar surface area (TPSA) is 57.0 Å². The minimum Gasteiger partial charge on any atom is -0.496 e. The minimum atomic E-state index is 0.0470. The molecule has 0 radical (unpaired) electrons. The van der Waals surface area contributed by atoms with Crippen molar-refractivity contribution in [3.05, 3.63) is 71.0 Å². The van der Waals surface area contributed by atoms with Crippen molar-refractivity contribution in [1.82, 2.24) is 14.8 Å². The molecule has 0 N–H and O–H groups in total. The Morgan fingerprint density at radius 2 is 1.93 bits per heavy atom. The van der Waals surface area contributed by atoms with Crippen LogP contribution in [0, 0.1) is 0 Å². The summed E-state index contributed by atoms with van der Waals surface area (Å²) in [5.41, 5.74) is 2.88. The molecular weight excluding hydrogens is 358 g/mol. The van der Waals surface area contributed by atoms with Crippen molar-refractivity contribution in [2.75, 3.05) is 7.11 Å². The Labute approximate surface area is 163 Å². The second-order valence-corrected chi connectivity index (χ2v) is 7.12. The largest absolute Gasteiger partial charge is 0.496 e. The Kier molecular flexibility index (Phi) is 6.29. The molecule has 0 fully saturated rings. The Morgan fingerprint density at radius 1 is 1.15 bits per heavy atom. The monoisotopic (exact) mass is 381 g/mol. The molecule has 0 spiro atoms. The van der Waals surface area contributed by atoms with Gasteiger partial charge < -0.3 is 9.30 Å². The van der Waals surface area contributed by atoms with Crippen LogP contribution in [-0.2, 0) is 18.7 Å². The van der Waals surface area contributed by atoms with E-state index in [1.165, 1.54) is 5.56 Å². The van der Waals surface area contributed by atoms with Crippen molar-refractivity contribution in [2.45, 2.75) is 37.7 Å². The maximum absolute atomic E-state index is 11.7. The number of hydrogen-bond donors (Lipinski definition) is 0. The highest BCUT2D eigenvalue weighted by Crippen LogP contribution is 2.29. The van der Waals surface area contributed by atoms with E-state index < -0.39 is 0 Å². The molecule has 0 saturated heterocycles. The molecule has 3 aromatic rings. The van der Waals surface area contributed by atoms with Crippen molar-refractivity contribution >= 4 is 17.5 Å². The predicted octanol–water partition coefficient (Wildman–Crippen LogP) is 4.39. The number of benzene rings is 2. The Hall–Kier alpha value is -2.60. The summed E-state index contributed by atoms with van der Waals surface area (Å²) in [5.74, 6) is 2.44. The molecule has 0 atom stereocenters. The first kappa shape index (κ1) is 19.2. The van der Waals surface area contributed by atoms with Crippen LogP contribution in [-0.4, -0.2) is 27.7 Å². The number of Topliss-reactive ketones (excluding diaryl/α,β-unsaturated/α-hetero) is 1. The average molecular weight is 382 g/mol. The fourth-order valence-corrected chi connectivity index (χ4v) is 3.90. The normalized spacial score (nSPS) is 10.8. The van der Waals surface area contributed by atoms with E-state index >= 15 is 0 Å².